The van der Waals surface area contributed by atoms with Gasteiger partial charge in [-0.25, -0.2) is 0 Å². The van der Waals surface area contributed by atoms with E-state index in [2.05, 4.69) is 5.32 Å². The number of nitrogens with one attached hydrogen (secondary N) is 1. The van der Waals surface area contributed by atoms with Crippen LogP contribution < -0.4 is 15.8 Å². The number of methoxy groups -OCH3 is 1. The molecule has 0 spiro atoms. The van der Waals surface area contributed by atoms with E-state index >= 15 is 0 Å². The summed E-state index contributed by atoms with van der Waals surface area (Å²) in [6.07, 6.45) is 8.87. The first-order chi connectivity index (χ1) is 17.0. The highest BCUT2D eigenvalue weighted by molar-refractivity contribution is 6.05. The van der Waals surface area contributed by atoms with Gasteiger partial charge in [-0.15, -0.1) is 0 Å². The van der Waals surface area contributed by atoms with Gasteiger partial charge in [0, 0.05) is 25.6 Å². The minimum atomic E-state index is -0.599. The summed E-state index contributed by atoms with van der Waals surface area (Å²) < 4.78 is 12.2. The van der Waals surface area contributed by atoms with Crippen LogP contribution in [0.4, 0.5) is 0 Å². The van der Waals surface area contributed by atoms with Crippen LogP contribution in [0.5, 0.6) is 5.75 Å². The number of amides is 3. The maximum atomic E-state index is 13.0. The van der Waals surface area contributed by atoms with Crippen LogP contribution in [0.1, 0.15) is 73.7 Å². The first-order valence-corrected chi connectivity index (χ1v) is 13.1. The molecule has 0 aromatic heterocycles. The lowest BCUT2D eigenvalue weighted by Crippen LogP contribution is -2.52. The van der Waals surface area contributed by atoms with Gasteiger partial charge in [-0.05, 0) is 99.4 Å². The number of carbonyl (C=O) groups excluding carboxylic acids is 3. The molecule has 8 heteroatoms. The Labute approximate surface area is 206 Å². The molecule has 5 rings (SSSR count). The molecule has 3 N–H and O–H groups in total. The highest BCUT2D eigenvalue weighted by Crippen LogP contribution is 2.43. The molecule has 2 aliphatic carbocycles. The summed E-state index contributed by atoms with van der Waals surface area (Å²) in [6, 6.07) is 5.04. The van der Waals surface area contributed by atoms with Crippen LogP contribution in [0, 0.1) is 17.8 Å². The average molecular weight is 484 g/mol. The maximum absolute atomic E-state index is 13.0. The Morgan fingerprint density at radius 2 is 1.91 bits per heavy atom. The third-order valence-corrected chi connectivity index (χ3v) is 8.71. The summed E-state index contributed by atoms with van der Waals surface area (Å²) in [5.74, 6) is 1.71. The smallest absolute Gasteiger partial charge is 0.255 e. The lowest BCUT2D eigenvalue weighted by Gasteiger charge is -2.42. The van der Waals surface area contributed by atoms with Crippen LogP contribution in [-0.2, 0) is 20.9 Å². The van der Waals surface area contributed by atoms with Gasteiger partial charge in [0.1, 0.15) is 11.8 Å². The Kier molecular flexibility index (Phi) is 7.12. The number of rotatable bonds is 6. The molecule has 4 aliphatic rings. The standard InChI is InChI=1S/C27H37N3O5/c1-34-19-6-5-17(14-28)23(13-19)16-3-2-4-20(11-16)35-21-7-8-22-18(12-21)15-30(27(22)33)24-9-10-25(31)29-26(24)32/h7-8,12,16-17,19-20,23-24H,2-6,9-11,13-15,28H2,1H3,(H,29,31,32)/t16?,17-,19+,20-,23?,24?/m1/s1. The van der Waals surface area contributed by atoms with Gasteiger partial charge in [0.2, 0.25) is 11.8 Å². The fraction of sp³-hybridized carbons (Fsp3) is 0.667. The minimum Gasteiger partial charge on any atom is -0.490 e. The molecule has 6 atom stereocenters. The number of ether oxygens (including phenoxy) is 2. The van der Waals surface area contributed by atoms with Crippen molar-refractivity contribution in [3.8, 4) is 5.75 Å². The van der Waals surface area contributed by atoms with Crippen molar-refractivity contribution < 1.29 is 23.9 Å². The molecule has 35 heavy (non-hydrogen) atoms. The quantitative estimate of drug-likeness (QED) is 0.602. The van der Waals surface area contributed by atoms with E-state index in [1.165, 1.54) is 6.42 Å². The molecule has 0 radical (unpaired) electrons. The Morgan fingerprint density at radius 1 is 1.06 bits per heavy atom. The second-order valence-electron chi connectivity index (χ2n) is 10.7. The molecule has 1 aromatic rings. The molecule has 190 valence electrons. The molecule has 3 fully saturated rings. The van der Waals surface area contributed by atoms with E-state index in [1.807, 2.05) is 25.3 Å². The number of benzene rings is 1. The number of hydrogen-bond donors (Lipinski definition) is 2. The normalized spacial score (nSPS) is 33.4. The Bertz CT molecular complexity index is 982. The van der Waals surface area contributed by atoms with E-state index in [4.69, 9.17) is 15.2 Å². The summed E-state index contributed by atoms with van der Waals surface area (Å²) in [5, 5.41) is 2.35. The molecule has 2 saturated carbocycles. The lowest BCUT2D eigenvalue weighted by molar-refractivity contribution is -0.136. The summed E-state index contributed by atoms with van der Waals surface area (Å²) in [7, 11) is 1.82. The molecule has 2 aliphatic heterocycles. The summed E-state index contributed by atoms with van der Waals surface area (Å²) in [6.45, 7) is 1.11. The number of fused-ring (bicyclic) bond motifs is 1. The van der Waals surface area contributed by atoms with Gasteiger partial charge >= 0.3 is 0 Å². The molecular weight excluding hydrogens is 446 g/mol. The van der Waals surface area contributed by atoms with Crippen molar-refractivity contribution in [1.29, 1.82) is 0 Å². The number of nitrogens with zero attached hydrogens (tertiary/aromatic N) is 1. The number of nitrogens with two attached hydrogens (primary N) is 1. The van der Waals surface area contributed by atoms with Crippen molar-refractivity contribution in [3.05, 3.63) is 29.3 Å². The molecule has 2 heterocycles. The number of carbonyl (C=O) groups is 3. The van der Waals surface area contributed by atoms with Gasteiger partial charge in [0.15, 0.2) is 0 Å². The minimum absolute atomic E-state index is 0.150. The van der Waals surface area contributed by atoms with Crippen LogP contribution in [0.2, 0.25) is 0 Å². The van der Waals surface area contributed by atoms with E-state index < -0.39 is 6.04 Å². The Morgan fingerprint density at radius 3 is 2.69 bits per heavy atom. The summed E-state index contributed by atoms with van der Waals surface area (Å²) in [4.78, 5) is 38.3. The van der Waals surface area contributed by atoms with Crippen molar-refractivity contribution >= 4 is 17.7 Å². The van der Waals surface area contributed by atoms with Crippen LogP contribution in [0.25, 0.3) is 0 Å². The number of hydrogen-bond acceptors (Lipinski definition) is 6. The highest BCUT2D eigenvalue weighted by atomic mass is 16.5. The lowest BCUT2D eigenvalue weighted by atomic mass is 9.67. The van der Waals surface area contributed by atoms with Crippen molar-refractivity contribution in [2.45, 2.75) is 82.6 Å². The Balaban J connectivity index is 1.24. The van der Waals surface area contributed by atoms with Crippen molar-refractivity contribution in [1.82, 2.24) is 10.2 Å². The topological polar surface area (TPSA) is 111 Å². The van der Waals surface area contributed by atoms with Gasteiger partial charge in [-0.3, -0.25) is 19.7 Å². The zero-order valence-corrected chi connectivity index (χ0v) is 20.5. The fourth-order valence-electron chi connectivity index (χ4n) is 6.81. The van der Waals surface area contributed by atoms with E-state index in [0.29, 0.717) is 42.4 Å². The van der Waals surface area contributed by atoms with E-state index in [-0.39, 0.29) is 30.2 Å². The molecule has 0 bridgehead atoms. The van der Waals surface area contributed by atoms with Crippen molar-refractivity contribution in [3.63, 3.8) is 0 Å². The zero-order valence-electron chi connectivity index (χ0n) is 20.5. The summed E-state index contributed by atoms with van der Waals surface area (Å²) >= 11 is 0. The maximum Gasteiger partial charge on any atom is 0.255 e. The largest absolute Gasteiger partial charge is 0.490 e. The number of piperidine rings is 1. The summed E-state index contributed by atoms with van der Waals surface area (Å²) in [5.41, 5.74) is 7.63. The van der Waals surface area contributed by atoms with Gasteiger partial charge in [-0.1, -0.05) is 0 Å². The van der Waals surface area contributed by atoms with Crippen molar-refractivity contribution in [2.75, 3.05) is 13.7 Å². The van der Waals surface area contributed by atoms with Gasteiger partial charge in [0.05, 0.1) is 12.2 Å². The number of imide groups is 1. The third-order valence-electron chi connectivity index (χ3n) is 8.71. The highest BCUT2D eigenvalue weighted by Gasteiger charge is 2.40. The SMILES string of the molecule is CO[C@H]1CC[C@H](CN)C(C2CCC[C@@H](Oc3ccc4c(c3)CN(C3CCC(=O)NC3=O)C4=O)C2)C1. The van der Waals surface area contributed by atoms with Crippen LogP contribution in [-0.4, -0.2) is 54.5 Å². The van der Waals surface area contributed by atoms with Crippen LogP contribution in [0.3, 0.4) is 0 Å². The van der Waals surface area contributed by atoms with E-state index in [9.17, 15) is 14.4 Å². The third kappa shape index (κ3) is 4.96. The first-order valence-electron chi connectivity index (χ1n) is 13.1. The Hall–Kier alpha value is -2.45. The average Bonchev–Trinajstić information content (AvgIpc) is 3.19. The monoisotopic (exact) mass is 483 g/mol. The predicted molar refractivity (Wildman–Crippen MR) is 130 cm³/mol. The van der Waals surface area contributed by atoms with E-state index in [0.717, 1.165) is 56.4 Å². The molecule has 8 nitrogen and oxygen atoms in total. The molecule has 1 saturated heterocycles. The second-order valence-corrected chi connectivity index (χ2v) is 10.7. The van der Waals surface area contributed by atoms with Gasteiger partial charge < -0.3 is 20.1 Å². The van der Waals surface area contributed by atoms with Gasteiger partial charge in [0.25, 0.3) is 5.91 Å². The van der Waals surface area contributed by atoms with Crippen LogP contribution in [0.15, 0.2) is 18.2 Å². The molecule has 3 unspecified atom stereocenters. The van der Waals surface area contributed by atoms with E-state index in [1.54, 1.807) is 4.90 Å². The van der Waals surface area contributed by atoms with Crippen LogP contribution >= 0.6 is 0 Å². The zero-order chi connectivity index (χ0) is 24.5. The van der Waals surface area contributed by atoms with Gasteiger partial charge in [-0.2, -0.15) is 0 Å². The second kappa shape index (κ2) is 10.3. The molecular formula is C27H37N3O5. The fourth-order valence-corrected chi connectivity index (χ4v) is 6.81. The molecule has 1 aromatic carbocycles. The first kappa shape index (κ1) is 24.3. The van der Waals surface area contributed by atoms with Crippen molar-refractivity contribution in [2.24, 2.45) is 23.5 Å². The predicted octanol–water partition coefficient (Wildman–Crippen LogP) is 2.78. The molecule has 3 amide bonds.